The fraction of sp³-hybridized carbons (Fsp3) is 0.188. The Morgan fingerprint density at radius 3 is 3.00 bits per heavy atom. The quantitative estimate of drug-likeness (QED) is 0.632. The van der Waals surface area contributed by atoms with Gasteiger partial charge in [0.15, 0.2) is 17.5 Å². The smallest absolute Gasteiger partial charge is 0.231 e. The summed E-state index contributed by atoms with van der Waals surface area (Å²) in [5, 5.41) is 3.03. The van der Waals surface area contributed by atoms with Crippen LogP contribution in [0.5, 0.6) is 17.2 Å². The number of methoxy groups -OCH3 is 1. The van der Waals surface area contributed by atoms with Crippen molar-refractivity contribution in [3.05, 3.63) is 46.4 Å². The van der Waals surface area contributed by atoms with Crippen molar-refractivity contribution in [2.45, 2.75) is 6.54 Å². The van der Waals surface area contributed by atoms with Crippen LogP contribution < -0.4 is 25.3 Å². The van der Waals surface area contributed by atoms with Gasteiger partial charge in [0.1, 0.15) is 5.75 Å². The van der Waals surface area contributed by atoms with Crippen LogP contribution in [0.25, 0.3) is 0 Å². The average Bonchev–Trinajstić information content (AvgIpc) is 3.02. The van der Waals surface area contributed by atoms with Crippen molar-refractivity contribution in [2.75, 3.05) is 19.2 Å². The molecular weight excluding hydrogens is 362 g/mol. The summed E-state index contributed by atoms with van der Waals surface area (Å²) in [5.41, 5.74) is 7.67. The van der Waals surface area contributed by atoms with E-state index in [0.29, 0.717) is 24.0 Å². The monoisotopic (exact) mass is 377 g/mol. The first-order valence-electron chi connectivity index (χ1n) is 6.95. The van der Waals surface area contributed by atoms with Crippen LogP contribution >= 0.6 is 15.9 Å². The van der Waals surface area contributed by atoms with Gasteiger partial charge in [-0.25, -0.2) is 4.99 Å². The third-order valence-electron chi connectivity index (χ3n) is 3.29. The van der Waals surface area contributed by atoms with Crippen molar-refractivity contribution >= 4 is 27.6 Å². The maximum absolute atomic E-state index is 5.94. The van der Waals surface area contributed by atoms with Crippen molar-refractivity contribution in [3.63, 3.8) is 0 Å². The Morgan fingerprint density at radius 2 is 2.17 bits per heavy atom. The van der Waals surface area contributed by atoms with Gasteiger partial charge in [-0.05, 0) is 45.8 Å². The number of nitrogens with zero attached hydrogens (tertiary/aromatic N) is 1. The van der Waals surface area contributed by atoms with Crippen molar-refractivity contribution in [1.82, 2.24) is 0 Å². The molecule has 0 amide bonds. The van der Waals surface area contributed by atoms with E-state index in [1.165, 1.54) is 0 Å². The zero-order valence-electron chi connectivity index (χ0n) is 12.5. The van der Waals surface area contributed by atoms with E-state index >= 15 is 0 Å². The lowest BCUT2D eigenvalue weighted by atomic mass is 10.2. The van der Waals surface area contributed by atoms with Gasteiger partial charge in [0.25, 0.3) is 0 Å². The summed E-state index contributed by atoms with van der Waals surface area (Å²) in [4.78, 5) is 4.34. The molecule has 1 aliphatic rings. The molecule has 0 aromatic heterocycles. The lowest BCUT2D eigenvalue weighted by Gasteiger charge is -2.10. The molecule has 0 bridgehead atoms. The molecule has 0 fully saturated rings. The third-order valence-corrected chi connectivity index (χ3v) is 3.88. The van der Waals surface area contributed by atoms with Crippen LogP contribution in [-0.2, 0) is 6.54 Å². The predicted octanol–water partition coefficient (Wildman–Crippen LogP) is 3.11. The zero-order valence-corrected chi connectivity index (χ0v) is 14.1. The first-order valence-corrected chi connectivity index (χ1v) is 7.74. The molecule has 23 heavy (non-hydrogen) atoms. The van der Waals surface area contributed by atoms with E-state index in [1.807, 2.05) is 36.4 Å². The molecule has 3 N–H and O–H groups in total. The molecule has 2 aromatic carbocycles. The third kappa shape index (κ3) is 3.50. The molecule has 0 spiro atoms. The van der Waals surface area contributed by atoms with Crippen molar-refractivity contribution in [1.29, 1.82) is 0 Å². The summed E-state index contributed by atoms with van der Waals surface area (Å²) in [6.07, 6.45) is 0. The van der Waals surface area contributed by atoms with Crippen LogP contribution in [-0.4, -0.2) is 19.9 Å². The van der Waals surface area contributed by atoms with Crippen LogP contribution in [0.1, 0.15) is 5.56 Å². The number of nitrogens with two attached hydrogens (primary N) is 1. The minimum Gasteiger partial charge on any atom is -0.495 e. The molecule has 7 heteroatoms. The second-order valence-electron chi connectivity index (χ2n) is 4.84. The number of fused-ring (bicyclic) bond motifs is 1. The molecule has 1 aliphatic heterocycles. The Morgan fingerprint density at radius 1 is 1.35 bits per heavy atom. The predicted molar refractivity (Wildman–Crippen MR) is 92.2 cm³/mol. The Hall–Kier alpha value is -2.41. The summed E-state index contributed by atoms with van der Waals surface area (Å²) in [5.74, 6) is 2.44. The topological polar surface area (TPSA) is 78.1 Å². The number of rotatable bonds is 4. The Kier molecular flexibility index (Phi) is 4.57. The number of anilines is 1. The van der Waals surface area contributed by atoms with Crippen LogP contribution in [0, 0.1) is 0 Å². The number of hydrogen-bond acceptors (Lipinski definition) is 4. The second-order valence-corrected chi connectivity index (χ2v) is 5.69. The Labute approximate surface area is 142 Å². The van der Waals surface area contributed by atoms with Gasteiger partial charge in [0.2, 0.25) is 6.79 Å². The van der Waals surface area contributed by atoms with Crippen LogP contribution in [0.2, 0.25) is 0 Å². The highest BCUT2D eigenvalue weighted by molar-refractivity contribution is 9.10. The van der Waals surface area contributed by atoms with Gasteiger partial charge < -0.3 is 25.3 Å². The van der Waals surface area contributed by atoms with Crippen LogP contribution in [0.3, 0.4) is 0 Å². The van der Waals surface area contributed by atoms with Gasteiger partial charge in [0.05, 0.1) is 23.8 Å². The van der Waals surface area contributed by atoms with Gasteiger partial charge in [-0.1, -0.05) is 12.1 Å². The van der Waals surface area contributed by atoms with Crippen molar-refractivity contribution in [3.8, 4) is 17.2 Å². The number of aliphatic imine (C=N–C) groups is 1. The molecule has 120 valence electrons. The van der Waals surface area contributed by atoms with E-state index < -0.39 is 0 Å². The number of para-hydroxylation sites is 2. The highest BCUT2D eigenvalue weighted by Crippen LogP contribution is 2.40. The van der Waals surface area contributed by atoms with Gasteiger partial charge in [0, 0.05) is 0 Å². The van der Waals surface area contributed by atoms with E-state index in [-0.39, 0.29) is 6.79 Å². The zero-order chi connectivity index (χ0) is 16.2. The molecule has 0 atom stereocenters. The van der Waals surface area contributed by atoms with Crippen molar-refractivity contribution in [2.24, 2.45) is 10.7 Å². The molecule has 2 aromatic rings. The fourth-order valence-electron chi connectivity index (χ4n) is 2.21. The number of guanidine groups is 1. The Bertz CT molecular complexity index is 749. The normalized spacial score (nSPS) is 13.0. The molecule has 0 radical (unpaired) electrons. The van der Waals surface area contributed by atoms with Crippen molar-refractivity contribution < 1.29 is 14.2 Å². The minimum absolute atomic E-state index is 0.234. The van der Waals surface area contributed by atoms with E-state index in [9.17, 15) is 0 Å². The molecule has 1 heterocycles. The minimum atomic E-state index is 0.234. The fourth-order valence-corrected chi connectivity index (χ4v) is 2.82. The maximum Gasteiger partial charge on any atom is 0.231 e. The summed E-state index contributed by atoms with van der Waals surface area (Å²) >= 11 is 3.46. The lowest BCUT2D eigenvalue weighted by Crippen LogP contribution is -2.22. The van der Waals surface area contributed by atoms with Crippen LogP contribution in [0.4, 0.5) is 5.69 Å². The first kappa shape index (κ1) is 15.5. The molecule has 0 saturated carbocycles. The largest absolute Gasteiger partial charge is 0.495 e. The van der Waals surface area contributed by atoms with Gasteiger partial charge >= 0.3 is 0 Å². The number of nitrogens with one attached hydrogen (secondary N) is 1. The summed E-state index contributed by atoms with van der Waals surface area (Å²) in [6.45, 7) is 0.654. The average molecular weight is 378 g/mol. The summed E-state index contributed by atoms with van der Waals surface area (Å²) in [7, 11) is 1.61. The Balaban J connectivity index is 1.71. The number of ether oxygens (including phenoxy) is 3. The van der Waals surface area contributed by atoms with Gasteiger partial charge in [-0.2, -0.15) is 0 Å². The molecule has 0 unspecified atom stereocenters. The van der Waals surface area contributed by atoms with Gasteiger partial charge in [-0.3, -0.25) is 0 Å². The summed E-state index contributed by atoms with van der Waals surface area (Å²) in [6, 6.07) is 11.3. The molecular formula is C16H16BrN3O3. The number of halogens is 1. The maximum atomic E-state index is 5.94. The standard InChI is InChI=1S/C16H16BrN3O3/c1-21-13-5-3-2-4-12(13)20-16(18)19-8-10-6-11(17)15-14(7-10)22-9-23-15/h2-7H,8-9H2,1H3,(H3,18,19,20). The highest BCUT2D eigenvalue weighted by Gasteiger charge is 2.17. The molecule has 3 rings (SSSR count). The lowest BCUT2D eigenvalue weighted by molar-refractivity contribution is 0.173. The SMILES string of the molecule is COc1ccccc1NC(N)=NCc1cc(Br)c2c(c1)OCO2. The van der Waals surface area contributed by atoms with E-state index in [2.05, 4.69) is 26.2 Å². The molecule has 0 saturated heterocycles. The summed E-state index contributed by atoms with van der Waals surface area (Å²) < 4.78 is 16.9. The second kappa shape index (κ2) is 6.78. The number of hydrogen-bond donors (Lipinski definition) is 2. The van der Waals surface area contributed by atoms with E-state index in [1.54, 1.807) is 7.11 Å². The molecule has 0 aliphatic carbocycles. The van der Waals surface area contributed by atoms with Crippen LogP contribution in [0.15, 0.2) is 45.9 Å². The highest BCUT2D eigenvalue weighted by atomic mass is 79.9. The van der Waals surface area contributed by atoms with Gasteiger partial charge in [-0.15, -0.1) is 0 Å². The molecule has 6 nitrogen and oxygen atoms in total. The van der Waals surface area contributed by atoms with E-state index in [0.717, 1.165) is 21.5 Å². The first-order chi connectivity index (χ1) is 11.2. The number of benzene rings is 2. The van der Waals surface area contributed by atoms with E-state index in [4.69, 9.17) is 19.9 Å².